The zero-order chi connectivity index (χ0) is 17.2. The summed E-state index contributed by atoms with van der Waals surface area (Å²) in [5, 5.41) is 0. The van der Waals surface area contributed by atoms with Gasteiger partial charge < -0.3 is 14.4 Å². The predicted molar refractivity (Wildman–Crippen MR) is 90.9 cm³/mol. The van der Waals surface area contributed by atoms with Gasteiger partial charge in [0.15, 0.2) is 0 Å². The molecule has 130 valence electrons. The molecule has 2 aromatic rings. The Balaban J connectivity index is 1.46. The number of carbonyl (C=O) groups excluding carboxylic acids is 1. The maximum atomic E-state index is 12.9. The SMILES string of the molecule is Cc1ccc(C(=O)N2C[C@@H](OCc3cccnc3)[C@@H]3COC[C@@H]32)cn1. The number of hydrogen-bond donors (Lipinski definition) is 0. The summed E-state index contributed by atoms with van der Waals surface area (Å²) in [7, 11) is 0. The van der Waals surface area contributed by atoms with Crippen LogP contribution in [0.3, 0.4) is 0 Å². The minimum atomic E-state index is -0.0185. The summed E-state index contributed by atoms with van der Waals surface area (Å²) in [4.78, 5) is 23.1. The normalized spacial score (nSPS) is 25.2. The molecule has 0 radical (unpaired) electrons. The largest absolute Gasteiger partial charge is 0.379 e. The molecule has 0 spiro atoms. The number of hydrogen-bond acceptors (Lipinski definition) is 5. The highest BCUT2D eigenvalue weighted by atomic mass is 16.5. The highest BCUT2D eigenvalue weighted by molar-refractivity contribution is 5.94. The van der Waals surface area contributed by atoms with Crippen LogP contribution in [0.5, 0.6) is 0 Å². The molecule has 25 heavy (non-hydrogen) atoms. The van der Waals surface area contributed by atoms with Crippen molar-refractivity contribution in [3.05, 3.63) is 59.7 Å². The van der Waals surface area contributed by atoms with Crippen LogP contribution in [0.1, 0.15) is 21.6 Å². The van der Waals surface area contributed by atoms with E-state index in [1.807, 2.05) is 36.1 Å². The molecule has 0 N–H and O–H groups in total. The van der Waals surface area contributed by atoms with Gasteiger partial charge in [0.1, 0.15) is 0 Å². The van der Waals surface area contributed by atoms with Crippen LogP contribution >= 0.6 is 0 Å². The summed E-state index contributed by atoms with van der Waals surface area (Å²) in [5.41, 5.74) is 2.55. The molecule has 6 heteroatoms. The van der Waals surface area contributed by atoms with Crippen molar-refractivity contribution >= 4 is 5.91 Å². The number of likely N-dealkylation sites (tertiary alicyclic amines) is 1. The highest BCUT2D eigenvalue weighted by Crippen LogP contribution is 2.33. The van der Waals surface area contributed by atoms with Gasteiger partial charge in [-0.3, -0.25) is 14.8 Å². The summed E-state index contributed by atoms with van der Waals surface area (Å²) < 4.78 is 11.7. The van der Waals surface area contributed by atoms with Gasteiger partial charge >= 0.3 is 0 Å². The van der Waals surface area contributed by atoms with Crippen LogP contribution in [0.2, 0.25) is 0 Å². The smallest absolute Gasteiger partial charge is 0.255 e. The first-order chi connectivity index (χ1) is 12.2. The Morgan fingerprint density at radius 3 is 3.00 bits per heavy atom. The van der Waals surface area contributed by atoms with Gasteiger partial charge in [-0.05, 0) is 30.7 Å². The maximum absolute atomic E-state index is 12.9. The molecule has 0 bridgehead atoms. The van der Waals surface area contributed by atoms with Crippen LogP contribution < -0.4 is 0 Å². The second kappa shape index (κ2) is 6.90. The van der Waals surface area contributed by atoms with E-state index in [-0.39, 0.29) is 24.0 Å². The Kier molecular flexibility index (Phi) is 4.46. The van der Waals surface area contributed by atoms with Gasteiger partial charge in [-0.25, -0.2) is 0 Å². The number of pyridine rings is 2. The summed E-state index contributed by atoms with van der Waals surface area (Å²) in [6.45, 7) is 4.20. The zero-order valence-electron chi connectivity index (χ0n) is 14.2. The van der Waals surface area contributed by atoms with Gasteiger partial charge in [0.2, 0.25) is 0 Å². The van der Waals surface area contributed by atoms with Gasteiger partial charge in [-0.2, -0.15) is 0 Å². The number of carbonyl (C=O) groups is 1. The van der Waals surface area contributed by atoms with Crippen LogP contribution in [0.15, 0.2) is 42.9 Å². The molecule has 0 aliphatic carbocycles. The lowest BCUT2D eigenvalue weighted by Gasteiger charge is -2.22. The first-order valence-electron chi connectivity index (χ1n) is 8.54. The molecule has 2 aliphatic rings. The second-order valence-corrected chi connectivity index (χ2v) is 6.63. The maximum Gasteiger partial charge on any atom is 0.255 e. The highest BCUT2D eigenvalue weighted by Gasteiger charge is 2.48. The fourth-order valence-electron chi connectivity index (χ4n) is 3.56. The standard InChI is InChI=1S/C19H21N3O3/c1-13-4-5-15(8-21-13)19(23)22-9-18(16-11-24-12-17(16)22)25-10-14-3-2-6-20-7-14/h2-8,16-18H,9-12H2,1H3/t16-,17+,18-/m1/s1. The fraction of sp³-hybridized carbons (Fsp3) is 0.421. The van der Waals surface area contributed by atoms with E-state index in [0.717, 1.165) is 11.3 Å². The third-order valence-corrected chi connectivity index (χ3v) is 4.95. The van der Waals surface area contributed by atoms with E-state index >= 15 is 0 Å². The molecule has 4 rings (SSSR count). The van der Waals surface area contributed by atoms with Crippen molar-refractivity contribution in [3.8, 4) is 0 Å². The lowest BCUT2D eigenvalue weighted by molar-refractivity contribution is 0.00925. The first-order valence-corrected chi connectivity index (χ1v) is 8.54. The summed E-state index contributed by atoms with van der Waals surface area (Å²) in [6, 6.07) is 7.66. The Labute approximate surface area is 146 Å². The van der Waals surface area contributed by atoms with E-state index in [1.165, 1.54) is 0 Å². The zero-order valence-corrected chi connectivity index (χ0v) is 14.2. The predicted octanol–water partition coefficient (Wildman–Crippen LogP) is 1.84. The third-order valence-electron chi connectivity index (χ3n) is 4.95. The monoisotopic (exact) mass is 339 g/mol. The van der Waals surface area contributed by atoms with Crippen LogP contribution in [0, 0.1) is 12.8 Å². The average molecular weight is 339 g/mol. The van der Waals surface area contributed by atoms with Crippen molar-refractivity contribution in [2.75, 3.05) is 19.8 Å². The molecule has 2 aromatic heterocycles. The second-order valence-electron chi connectivity index (χ2n) is 6.63. The summed E-state index contributed by atoms with van der Waals surface area (Å²) in [6.07, 6.45) is 5.18. The van der Waals surface area contributed by atoms with Crippen molar-refractivity contribution in [1.29, 1.82) is 0 Å². The van der Waals surface area contributed by atoms with Crippen LogP contribution in [-0.2, 0) is 16.1 Å². The van der Waals surface area contributed by atoms with Crippen LogP contribution in [0.4, 0.5) is 0 Å². The number of nitrogens with zero attached hydrogens (tertiary/aromatic N) is 3. The molecular weight excluding hydrogens is 318 g/mol. The van der Waals surface area contributed by atoms with E-state index in [1.54, 1.807) is 18.6 Å². The van der Waals surface area contributed by atoms with Crippen molar-refractivity contribution in [3.63, 3.8) is 0 Å². The number of ether oxygens (including phenoxy) is 2. The molecular formula is C19H21N3O3. The third kappa shape index (κ3) is 3.27. The van der Waals surface area contributed by atoms with Crippen LogP contribution in [-0.4, -0.2) is 52.7 Å². The van der Waals surface area contributed by atoms with E-state index in [9.17, 15) is 4.79 Å². The van der Waals surface area contributed by atoms with Crippen molar-refractivity contribution in [2.45, 2.75) is 25.7 Å². The average Bonchev–Trinajstić information content (AvgIpc) is 3.24. The molecule has 0 unspecified atom stereocenters. The lowest BCUT2D eigenvalue weighted by atomic mass is 10.0. The minimum Gasteiger partial charge on any atom is -0.379 e. The van der Waals surface area contributed by atoms with Crippen molar-refractivity contribution < 1.29 is 14.3 Å². The summed E-state index contributed by atoms with van der Waals surface area (Å²) in [5.74, 6) is 0.222. The van der Waals surface area contributed by atoms with E-state index in [0.29, 0.717) is 31.9 Å². The van der Waals surface area contributed by atoms with Crippen molar-refractivity contribution in [1.82, 2.24) is 14.9 Å². The first kappa shape index (κ1) is 16.2. The number of rotatable bonds is 4. The molecule has 0 saturated carbocycles. The molecule has 0 aromatic carbocycles. The van der Waals surface area contributed by atoms with Gasteiger partial charge in [0.05, 0.1) is 37.5 Å². The molecule has 2 fully saturated rings. The molecule has 6 nitrogen and oxygen atoms in total. The Morgan fingerprint density at radius 2 is 2.24 bits per heavy atom. The molecule has 1 amide bonds. The van der Waals surface area contributed by atoms with Crippen LogP contribution in [0.25, 0.3) is 0 Å². The van der Waals surface area contributed by atoms with E-state index < -0.39 is 0 Å². The van der Waals surface area contributed by atoms with Gasteiger partial charge in [-0.1, -0.05) is 6.07 Å². The number of aromatic nitrogens is 2. The number of fused-ring (bicyclic) bond motifs is 1. The van der Waals surface area contributed by atoms with E-state index in [4.69, 9.17) is 9.47 Å². The summed E-state index contributed by atoms with van der Waals surface area (Å²) >= 11 is 0. The Hall–Kier alpha value is -2.31. The quantitative estimate of drug-likeness (QED) is 0.850. The fourth-order valence-corrected chi connectivity index (χ4v) is 3.56. The Bertz CT molecular complexity index is 735. The minimum absolute atomic E-state index is 0.000442. The lowest BCUT2D eigenvalue weighted by Crippen LogP contribution is -2.38. The van der Waals surface area contributed by atoms with Crippen molar-refractivity contribution in [2.24, 2.45) is 5.92 Å². The molecule has 2 aliphatic heterocycles. The van der Waals surface area contributed by atoms with Gasteiger partial charge in [0.25, 0.3) is 5.91 Å². The number of aryl methyl sites for hydroxylation is 1. The molecule has 4 heterocycles. The topological polar surface area (TPSA) is 64.6 Å². The molecule has 3 atom stereocenters. The van der Waals surface area contributed by atoms with Gasteiger partial charge in [0, 0.05) is 36.7 Å². The van der Waals surface area contributed by atoms with E-state index in [2.05, 4.69) is 9.97 Å². The molecule has 2 saturated heterocycles. The van der Waals surface area contributed by atoms with Gasteiger partial charge in [-0.15, -0.1) is 0 Å². The number of amides is 1. The Morgan fingerprint density at radius 1 is 1.32 bits per heavy atom.